The Labute approximate surface area is 160 Å². The van der Waals surface area contributed by atoms with E-state index in [1.807, 2.05) is 47.1 Å². The Morgan fingerprint density at radius 3 is 2.15 bits per heavy atom. The van der Waals surface area contributed by atoms with Crippen LogP contribution in [0.25, 0.3) is 0 Å². The van der Waals surface area contributed by atoms with Crippen LogP contribution in [0.5, 0.6) is 0 Å². The maximum atomic E-state index is 12.9. The van der Waals surface area contributed by atoms with Crippen LogP contribution in [0, 0.1) is 0 Å². The van der Waals surface area contributed by atoms with Crippen LogP contribution in [0.15, 0.2) is 72.9 Å². The Morgan fingerprint density at radius 2 is 1.56 bits per heavy atom. The van der Waals surface area contributed by atoms with Crippen LogP contribution in [-0.4, -0.2) is 15.7 Å². The number of nitrogens with one attached hydrogen (secondary N) is 1. The van der Waals surface area contributed by atoms with Gasteiger partial charge in [0.2, 0.25) is 5.91 Å². The summed E-state index contributed by atoms with van der Waals surface area (Å²) in [6.45, 7) is 0. The fraction of sp³-hybridized carbons (Fsp3) is 0.304. The van der Waals surface area contributed by atoms with E-state index in [1.165, 1.54) is 12.8 Å². The summed E-state index contributed by atoms with van der Waals surface area (Å²) in [7, 11) is 0. The third-order valence-electron chi connectivity index (χ3n) is 5.40. The molecule has 4 nitrogen and oxygen atoms in total. The lowest BCUT2D eigenvalue weighted by atomic mass is 9.88. The minimum Gasteiger partial charge on any atom is -0.311 e. The second kappa shape index (κ2) is 8.21. The van der Waals surface area contributed by atoms with Gasteiger partial charge in [-0.05, 0) is 24.0 Å². The smallest absolute Gasteiger partial charge is 0.226 e. The summed E-state index contributed by atoms with van der Waals surface area (Å²) in [5.74, 6) is 0.870. The predicted molar refractivity (Wildman–Crippen MR) is 108 cm³/mol. The molecule has 1 saturated carbocycles. The molecule has 0 unspecified atom stereocenters. The molecule has 27 heavy (non-hydrogen) atoms. The molecule has 0 aliphatic heterocycles. The number of benzene rings is 2. The van der Waals surface area contributed by atoms with Crippen molar-refractivity contribution in [2.45, 2.75) is 44.1 Å². The van der Waals surface area contributed by atoms with Crippen LogP contribution >= 0.6 is 0 Å². The van der Waals surface area contributed by atoms with Crippen molar-refractivity contribution >= 4 is 11.7 Å². The zero-order chi connectivity index (χ0) is 18.5. The minimum absolute atomic E-state index is 0.0208. The highest BCUT2D eigenvalue weighted by atomic mass is 16.1. The first-order chi connectivity index (χ1) is 13.3. The standard InChI is InChI=1S/C23H25N3O/c27-23(25-22-15-16-24-26(22)20-13-7-8-14-20)17-21(18-9-3-1-4-10-18)19-11-5-2-6-12-19/h1-6,9-12,15-16,20-21H,7-8,13-14,17H2,(H,25,27). The van der Waals surface area contributed by atoms with Crippen LogP contribution in [0.4, 0.5) is 5.82 Å². The third kappa shape index (κ3) is 4.11. The Kier molecular flexibility index (Phi) is 5.33. The number of hydrogen-bond donors (Lipinski definition) is 1. The molecule has 1 aliphatic carbocycles. The first-order valence-electron chi connectivity index (χ1n) is 9.74. The molecule has 0 spiro atoms. The monoisotopic (exact) mass is 359 g/mol. The highest BCUT2D eigenvalue weighted by Crippen LogP contribution is 2.32. The normalized spacial score (nSPS) is 14.6. The molecular weight excluding hydrogens is 334 g/mol. The van der Waals surface area contributed by atoms with E-state index in [0.29, 0.717) is 12.5 Å². The Bertz CT molecular complexity index is 827. The molecule has 1 amide bonds. The maximum Gasteiger partial charge on any atom is 0.226 e. The van der Waals surface area contributed by atoms with Crippen molar-refractivity contribution in [1.82, 2.24) is 9.78 Å². The van der Waals surface area contributed by atoms with Gasteiger partial charge in [-0.25, -0.2) is 4.68 Å². The number of anilines is 1. The summed E-state index contributed by atoms with van der Waals surface area (Å²) < 4.78 is 1.99. The van der Waals surface area contributed by atoms with Crippen molar-refractivity contribution < 1.29 is 4.79 Å². The van der Waals surface area contributed by atoms with Crippen LogP contribution < -0.4 is 5.32 Å². The summed E-state index contributed by atoms with van der Waals surface area (Å²) in [5, 5.41) is 7.55. The molecule has 1 aliphatic rings. The number of hydrogen-bond acceptors (Lipinski definition) is 2. The lowest BCUT2D eigenvalue weighted by molar-refractivity contribution is -0.116. The van der Waals surface area contributed by atoms with E-state index in [1.54, 1.807) is 6.20 Å². The summed E-state index contributed by atoms with van der Waals surface area (Å²) in [4.78, 5) is 12.9. The first kappa shape index (κ1) is 17.5. The highest BCUT2D eigenvalue weighted by Gasteiger charge is 2.22. The van der Waals surface area contributed by atoms with Crippen LogP contribution in [-0.2, 0) is 4.79 Å². The zero-order valence-corrected chi connectivity index (χ0v) is 15.4. The van der Waals surface area contributed by atoms with Gasteiger partial charge in [-0.1, -0.05) is 73.5 Å². The fourth-order valence-corrected chi connectivity index (χ4v) is 4.03. The van der Waals surface area contributed by atoms with Crippen molar-refractivity contribution in [3.63, 3.8) is 0 Å². The lowest BCUT2D eigenvalue weighted by Crippen LogP contribution is -2.20. The van der Waals surface area contributed by atoms with E-state index in [9.17, 15) is 4.79 Å². The molecule has 1 heterocycles. The minimum atomic E-state index is 0.0208. The van der Waals surface area contributed by atoms with Gasteiger partial charge in [-0.3, -0.25) is 4.79 Å². The second-order valence-corrected chi connectivity index (χ2v) is 7.23. The van der Waals surface area contributed by atoms with Gasteiger partial charge >= 0.3 is 0 Å². The average Bonchev–Trinajstić information content (AvgIpc) is 3.39. The van der Waals surface area contributed by atoms with Gasteiger partial charge in [0.25, 0.3) is 0 Å². The molecule has 1 N–H and O–H groups in total. The molecule has 2 aromatic carbocycles. The van der Waals surface area contributed by atoms with Crippen molar-refractivity contribution in [2.24, 2.45) is 0 Å². The lowest BCUT2D eigenvalue weighted by Gasteiger charge is -2.19. The number of aromatic nitrogens is 2. The van der Waals surface area contributed by atoms with Gasteiger partial charge in [0.1, 0.15) is 5.82 Å². The van der Waals surface area contributed by atoms with Crippen molar-refractivity contribution in [3.05, 3.63) is 84.1 Å². The largest absolute Gasteiger partial charge is 0.311 e. The number of nitrogens with zero attached hydrogens (tertiary/aromatic N) is 2. The molecule has 4 heteroatoms. The van der Waals surface area contributed by atoms with Crippen molar-refractivity contribution in [2.75, 3.05) is 5.32 Å². The fourth-order valence-electron chi connectivity index (χ4n) is 4.03. The predicted octanol–water partition coefficient (Wildman–Crippen LogP) is 5.16. The summed E-state index contributed by atoms with van der Waals surface area (Å²) >= 11 is 0. The summed E-state index contributed by atoms with van der Waals surface area (Å²) in [6.07, 6.45) is 6.94. The number of amides is 1. The van der Waals surface area contributed by atoms with E-state index in [4.69, 9.17) is 0 Å². The quantitative estimate of drug-likeness (QED) is 0.661. The molecule has 3 aromatic rings. The number of rotatable bonds is 6. The SMILES string of the molecule is O=C(CC(c1ccccc1)c1ccccc1)Nc1ccnn1C1CCCC1. The molecule has 0 bridgehead atoms. The van der Waals surface area contributed by atoms with E-state index >= 15 is 0 Å². The van der Waals surface area contributed by atoms with E-state index in [-0.39, 0.29) is 11.8 Å². The van der Waals surface area contributed by atoms with E-state index < -0.39 is 0 Å². The Hall–Kier alpha value is -2.88. The molecule has 0 saturated heterocycles. The van der Waals surface area contributed by atoms with Gasteiger partial charge in [-0.2, -0.15) is 5.10 Å². The molecule has 4 rings (SSSR count). The molecule has 0 radical (unpaired) electrons. The van der Waals surface area contributed by atoms with Gasteiger partial charge in [0.15, 0.2) is 0 Å². The Balaban J connectivity index is 1.52. The van der Waals surface area contributed by atoms with Crippen LogP contribution in [0.3, 0.4) is 0 Å². The van der Waals surface area contributed by atoms with E-state index in [2.05, 4.69) is 34.7 Å². The zero-order valence-electron chi connectivity index (χ0n) is 15.4. The molecule has 1 fully saturated rings. The summed E-state index contributed by atoms with van der Waals surface area (Å²) in [5.41, 5.74) is 2.31. The highest BCUT2D eigenvalue weighted by molar-refractivity contribution is 5.90. The van der Waals surface area contributed by atoms with Crippen LogP contribution in [0.2, 0.25) is 0 Å². The van der Waals surface area contributed by atoms with Crippen molar-refractivity contribution in [3.8, 4) is 0 Å². The molecular formula is C23H25N3O. The van der Waals surface area contributed by atoms with Gasteiger partial charge in [-0.15, -0.1) is 0 Å². The average molecular weight is 359 g/mol. The summed E-state index contributed by atoms with van der Waals surface area (Å²) in [6, 6.07) is 22.8. The number of carbonyl (C=O) groups excluding carboxylic acids is 1. The van der Waals surface area contributed by atoms with Gasteiger partial charge in [0.05, 0.1) is 12.2 Å². The topological polar surface area (TPSA) is 46.9 Å². The van der Waals surface area contributed by atoms with Gasteiger partial charge < -0.3 is 5.32 Å². The van der Waals surface area contributed by atoms with E-state index in [0.717, 1.165) is 29.8 Å². The van der Waals surface area contributed by atoms with Crippen molar-refractivity contribution in [1.29, 1.82) is 0 Å². The maximum absolute atomic E-state index is 12.9. The third-order valence-corrected chi connectivity index (χ3v) is 5.40. The van der Waals surface area contributed by atoms with Gasteiger partial charge in [0, 0.05) is 18.4 Å². The first-order valence-corrected chi connectivity index (χ1v) is 9.74. The molecule has 1 aromatic heterocycles. The molecule has 0 atom stereocenters. The second-order valence-electron chi connectivity index (χ2n) is 7.23. The Morgan fingerprint density at radius 1 is 0.963 bits per heavy atom. The van der Waals surface area contributed by atoms with Crippen LogP contribution in [0.1, 0.15) is 55.2 Å². The number of carbonyl (C=O) groups is 1. The molecule has 138 valence electrons.